The van der Waals surface area contributed by atoms with Crippen LogP contribution in [0.1, 0.15) is 51.2 Å². The van der Waals surface area contributed by atoms with Crippen LogP contribution in [-0.4, -0.2) is 56.5 Å². The predicted molar refractivity (Wildman–Crippen MR) is 167 cm³/mol. The van der Waals surface area contributed by atoms with E-state index in [2.05, 4.69) is 33.4 Å². The Morgan fingerprint density at radius 3 is 1.66 bits per heavy atom. The minimum absolute atomic E-state index is 0.0833. The molecular formula is C29H43N6O5Si+. The van der Waals surface area contributed by atoms with Gasteiger partial charge in [0.2, 0.25) is 0 Å². The molecule has 41 heavy (non-hydrogen) atoms. The number of nitriles is 1. The molecule has 11 nitrogen and oxygen atoms in total. The Balaban J connectivity index is -0.000000532. The van der Waals surface area contributed by atoms with Crippen LogP contribution in [0.15, 0.2) is 48.5 Å². The van der Waals surface area contributed by atoms with E-state index in [4.69, 9.17) is 30.2 Å². The van der Waals surface area contributed by atoms with Crippen LogP contribution >= 0.6 is 0 Å². The van der Waals surface area contributed by atoms with Crippen molar-refractivity contribution in [3.63, 3.8) is 0 Å². The molecule has 0 aliphatic rings. The standard InChI is InChI=1S/C12H15N3O.C8H10N2O.C4H9NSi.C3H5O.C2H4O2/c1-12(2,14-4)15-10-7-5-9(6-8-10)11(16)13-3;1-10-8(11)6-2-4-7(9)5-3-6;1-6(2,3)4-5;1-3(2)4;1-2(3)4/h5-8,15H,1-3H3,(H,13,16);2-5H,9H2,1H3,(H,10,11);1-3H3;1H2,2H3;1H3,(H,3,4)/q;;;+1;/i5D;2D;;;. The number of carbonyl (C=O) groups excluding carboxylic acids is 3. The fourth-order valence-electron chi connectivity index (χ4n) is 1.87. The van der Waals surface area contributed by atoms with Crippen molar-refractivity contribution < 1.29 is 27.0 Å². The normalized spacial score (nSPS) is 9.93. The summed E-state index contributed by atoms with van der Waals surface area (Å²) in [5.74, 6) is -1.47. The van der Waals surface area contributed by atoms with Gasteiger partial charge in [-0.1, -0.05) is 19.6 Å². The molecule has 0 aliphatic heterocycles. The van der Waals surface area contributed by atoms with E-state index < -0.39 is 19.7 Å². The van der Waals surface area contributed by atoms with Crippen molar-refractivity contribution in [2.45, 2.75) is 53.0 Å². The van der Waals surface area contributed by atoms with Gasteiger partial charge < -0.3 is 26.8 Å². The number of Topliss-reactive ketones (excluding diaryl/α,β-unsaturated/α-hetero) is 1. The number of nitrogens with two attached hydrogens (primary N) is 1. The van der Waals surface area contributed by atoms with E-state index in [0.717, 1.165) is 6.92 Å². The second kappa shape index (κ2) is 21.1. The van der Waals surface area contributed by atoms with E-state index in [1.54, 1.807) is 32.0 Å². The van der Waals surface area contributed by atoms with E-state index in [1.165, 1.54) is 39.2 Å². The summed E-state index contributed by atoms with van der Waals surface area (Å²) in [5.41, 5.74) is 8.75. The number of carboxylic acid groups (broad SMARTS) is 1. The molecule has 222 valence electrons. The summed E-state index contributed by atoms with van der Waals surface area (Å²) >= 11 is 0. The first-order valence-electron chi connectivity index (χ1n) is 13.1. The molecule has 12 heteroatoms. The van der Waals surface area contributed by atoms with Crippen molar-refractivity contribution in [3.8, 4) is 5.69 Å². The van der Waals surface area contributed by atoms with Gasteiger partial charge in [0.05, 0.1) is 2.74 Å². The van der Waals surface area contributed by atoms with Crippen LogP contribution in [-0.2, 0) is 9.59 Å². The van der Waals surface area contributed by atoms with E-state index in [0.29, 0.717) is 22.5 Å². The Kier molecular flexibility index (Phi) is 18.6. The summed E-state index contributed by atoms with van der Waals surface area (Å²) in [5, 5.41) is 23.5. The number of nitrogens with zero attached hydrogens (tertiary/aromatic N) is 2. The zero-order valence-electron chi connectivity index (χ0n) is 27.2. The van der Waals surface area contributed by atoms with Crippen LogP contribution in [0.3, 0.4) is 0 Å². The van der Waals surface area contributed by atoms with Crippen LogP contribution in [0.2, 0.25) is 19.6 Å². The summed E-state index contributed by atoms with van der Waals surface area (Å²) in [6.07, 6.45) is 0. The number of benzene rings is 2. The van der Waals surface area contributed by atoms with Crippen LogP contribution in [0.4, 0.5) is 11.4 Å². The van der Waals surface area contributed by atoms with Gasteiger partial charge in [-0.15, -0.1) is 0 Å². The topological polar surface area (TPSA) is 179 Å². The van der Waals surface area contributed by atoms with Crippen LogP contribution < -0.4 is 21.7 Å². The molecule has 2 rings (SSSR count). The minimum Gasteiger partial charge on any atom is -0.481 e. The summed E-state index contributed by atoms with van der Waals surface area (Å²) in [4.78, 5) is 44.2. The SMILES string of the molecule is CC(=O)O.C[Si](C)(C)C#N.[2H]c1cc(N)ccc1C(=O)NC.[2H]c1cc(NC(C)(C)[N+]#[C-])ccc1C(=O)NC.[CH2+]C(C)=O. The Morgan fingerprint density at radius 1 is 1.00 bits per heavy atom. The van der Waals surface area contributed by atoms with Crippen LogP contribution in [0.5, 0.6) is 0 Å². The summed E-state index contributed by atoms with van der Waals surface area (Å²) in [6.45, 7) is 22.1. The van der Waals surface area contributed by atoms with Gasteiger partial charge in [-0.25, -0.2) is 16.6 Å². The first kappa shape index (κ1) is 36.2. The number of ketones is 1. The molecule has 0 heterocycles. The number of rotatable bonds is 4. The maximum atomic E-state index is 11.4. The zero-order valence-corrected chi connectivity index (χ0v) is 26.2. The number of anilines is 2. The highest BCUT2D eigenvalue weighted by molar-refractivity contribution is 6.83. The Labute approximate surface area is 247 Å². The summed E-state index contributed by atoms with van der Waals surface area (Å²) in [6, 6.07) is 9.67. The van der Waals surface area contributed by atoms with Crippen molar-refractivity contribution >= 4 is 43.0 Å². The number of hydrogen-bond acceptors (Lipinski definition) is 7. The van der Waals surface area contributed by atoms with Crippen molar-refractivity contribution in [2.75, 3.05) is 25.1 Å². The van der Waals surface area contributed by atoms with Crippen molar-refractivity contribution in [1.29, 1.82) is 5.26 Å². The molecule has 0 atom stereocenters. The fraction of sp³-hybridized carbons (Fsp3) is 0.345. The lowest BCUT2D eigenvalue weighted by Crippen LogP contribution is -2.26. The number of amides is 2. The number of aliphatic carboxylic acids is 1. The molecule has 0 aromatic heterocycles. The molecule has 0 unspecified atom stereocenters. The largest absolute Gasteiger partial charge is 0.481 e. The lowest BCUT2D eigenvalue weighted by molar-refractivity contribution is -0.134. The average molecular weight is 586 g/mol. The minimum atomic E-state index is -1.33. The van der Waals surface area contributed by atoms with Gasteiger partial charge in [0, 0.05) is 70.0 Å². The van der Waals surface area contributed by atoms with Crippen molar-refractivity contribution in [3.05, 3.63) is 78.0 Å². The van der Waals surface area contributed by atoms with Gasteiger partial charge in [0.1, 0.15) is 6.92 Å². The second-order valence-electron chi connectivity index (χ2n) is 9.56. The smallest absolute Gasteiger partial charge is 0.300 e. The molecule has 0 radical (unpaired) electrons. The first-order valence-corrected chi connectivity index (χ1v) is 15.6. The van der Waals surface area contributed by atoms with Crippen LogP contribution in [0, 0.1) is 24.5 Å². The van der Waals surface area contributed by atoms with E-state index in [9.17, 15) is 14.4 Å². The maximum Gasteiger partial charge on any atom is 0.300 e. The van der Waals surface area contributed by atoms with Gasteiger partial charge in [-0.2, -0.15) is 0 Å². The first-order chi connectivity index (χ1) is 19.6. The van der Waals surface area contributed by atoms with Gasteiger partial charge in [0.15, 0.2) is 8.07 Å². The zero-order chi connectivity index (χ0) is 34.6. The maximum absolute atomic E-state index is 11.4. The molecule has 0 aliphatic carbocycles. The number of carboxylic acids is 1. The number of nitrogens with one attached hydrogen (secondary N) is 3. The molecule has 0 spiro atoms. The van der Waals surface area contributed by atoms with Crippen molar-refractivity contribution in [2.24, 2.45) is 0 Å². The average Bonchev–Trinajstić information content (AvgIpc) is 2.87. The van der Waals surface area contributed by atoms with Crippen molar-refractivity contribution in [1.82, 2.24) is 10.6 Å². The molecule has 0 saturated heterocycles. The molecule has 0 fully saturated rings. The second-order valence-corrected chi connectivity index (χ2v) is 14.3. The van der Waals surface area contributed by atoms with E-state index >= 15 is 0 Å². The highest BCUT2D eigenvalue weighted by atomic mass is 28.3. The Hall–Kier alpha value is -4.81. The monoisotopic (exact) mass is 585 g/mol. The molecule has 6 N–H and O–H groups in total. The quantitative estimate of drug-likeness (QED) is 0.196. The fourth-order valence-corrected chi connectivity index (χ4v) is 1.87. The summed E-state index contributed by atoms with van der Waals surface area (Å²) < 4.78 is 15.1. The third kappa shape index (κ3) is 26.6. The molecule has 2 aromatic carbocycles. The summed E-state index contributed by atoms with van der Waals surface area (Å²) in [7, 11) is 1.72. The highest BCUT2D eigenvalue weighted by Gasteiger charge is 2.21. The third-order valence-electron chi connectivity index (χ3n) is 3.66. The number of nitrogen functional groups attached to an aromatic ring is 1. The Morgan fingerprint density at radius 2 is 1.37 bits per heavy atom. The highest BCUT2D eigenvalue weighted by Crippen LogP contribution is 2.16. The molecular weight excluding hydrogens is 540 g/mol. The molecule has 2 amide bonds. The van der Waals surface area contributed by atoms with Crippen LogP contribution in [0.25, 0.3) is 4.85 Å². The molecule has 0 bridgehead atoms. The lowest BCUT2D eigenvalue weighted by atomic mass is 10.1. The third-order valence-corrected chi connectivity index (χ3v) is 4.33. The van der Waals surface area contributed by atoms with E-state index in [1.807, 2.05) is 19.6 Å². The molecule has 2 aromatic rings. The Bertz CT molecular complexity index is 1300. The van der Waals surface area contributed by atoms with E-state index in [-0.39, 0.29) is 29.7 Å². The van der Waals surface area contributed by atoms with Gasteiger partial charge in [-0.3, -0.25) is 19.2 Å². The van der Waals surface area contributed by atoms with Gasteiger partial charge in [0.25, 0.3) is 29.2 Å². The number of carbonyl (C=O) groups is 4. The molecule has 0 saturated carbocycles. The lowest BCUT2D eigenvalue weighted by Gasteiger charge is -2.14. The predicted octanol–water partition coefficient (Wildman–Crippen LogP) is 4.63. The van der Waals surface area contributed by atoms with Gasteiger partial charge >= 0.3 is 0 Å². The number of hydrogen-bond donors (Lipinski definition) is 5. The van der Waals surface area contributed by atoms with Gasteiger partial charge in [-0.05, 0) is 48.5 Å².